The SMILES string of the molecule is NC(=O)NC(=O)COC(=O)c1ccc(Cl)c([N+](=O)[O-])c1. The fourth-order valence-corrected chi connectivity index (χ4v) is 1.35. The second-order valence-corrected chi connectivity index (χ2v) is 3.82. The molecule has 0 atom stereocenters. The number of carbonyl (C=O) groups excluding carboxylic acids is 3. The maximum atomic E-state index is 11.5. The van der Waals surface area contributed by atoms with Crippen molar-refractivity contribution in [3.05, 3.63) is 38.9 Å². The highest BCUT2D eigenvalue weighted by atomic mass is 35.5. The van der Waals surface area contributed by atoms with Crippen molar-refractivity contribution in [2.45, 2.75) is 0 Å². The molecule has 0 radical (unpaired) electrons. The Bertz CT molecular complexity index is 588. The molecule has 1 rings (SSSR count). The predicted molar refractivity (Wildman–Crippen MR) is 66.1 cm³/mol. The van der Waals surface area contributed by atoms with Crippen LogP contribution >= 0.6 is 11.6 Å². The number of imide groups is 1. The maximum Gasteiger partial charge on any atom is 0.338 e. The van der Waals surface area contributed by atoms with E-state index in [2.05, 4.69) is 10.5 Å². The van der Waals surface area contributed by atoms with Crippen molar-refractivity contribution >= 4 is 35.2 Å². The second kappa shape index (κ2) is 6.48. The van der Waals surface area contributed by atoms with E-state index in [1.165, 1.54) is 6.07 Å². The number of ether oxygens (including phenoxy) is 1. The molecule has 9 nitrogen and oxygen atoms in total. The Morgan fingerprint density at radius 3 is 2.60 bits per heavy atom. The number of hydrogen-bond acceptors (Lipinski definition) is 6. The molecule has 0 aliphatic rings. The van der Waals surface area contributed by atoms with E-state index in [0.29, 0.717) is 0 Å². The fourth-order valence-electron chi connectivity index (χ4n) is 1.17. The van der Waals surface area contributed by atoms with Gasteiger partial charge in [-0.15, -0.1) is 0 Å². The molecule has 106 valence electrons. The molecule has 3 N–H and O–H groups in total. The predicted octanol–water partition coefficient (Wildman–Crippen LogP) is 0.600. The highest BCUT2D eigenvalue weighted by Crippen LogP contribution is 2.25. The molecular weight excluding hydrogens is 294 g/mol. The zero-order valence-electron chi connectivity index (χ0n) is 9.79. The van der Waals surface area contributed by atoms with Crippen LogP contribution in [0.4, 0.5) is 10.5 Å². The molecule has 0 unspecified atom stereocenters. The summed E-state index contributed by atoms with van der Waals surface area (Å²) in [6.45, 7) is -0.752. The summed E-state index contributed by atoms with van der Waals surface area (Å²) < 4.78 is 4.54. The third-order valence-corrected chi connectivity index (χ3v) is 2.30. The average Bonchev–Trinajstić information content (AvgIpc) is 2.35. The normalized spacial score (nSPS) is 9.65. The lowest BCUT2D eigenvalue weighted by Crippen LogP contribution is -2.37. The summed E-state index contributed by atoms with van der Waals surface area (Å²) in [5.74, 6) is -1.90. The Kier molecular flexibility index (Phi) is 4.98. The van der Waals surface area contributed by atoms with Gasteiger partial charge in [-0.3, -0.25) is 20.2 Å². The second-order valence-electron chi connectivity index (χ2n) is 3.41. The first kappa shape index (κ1) is 15.4. The molecule has 20 heavy (non-hydrogen) atoms. The van der Waals surface area contributed by atoms with Gasteiger partial charge in [0, 0.05) is 6.07 Å². The number of nitro benzene ring substituents is 1. The van der Waals surface area contributed by atoms with Gasteiger partial charge in [0.25, 0.3) is 11.6 Å². The van der Waals surface area contributed by atoms with E-state index in [4.69, 9.17) is 11.6 Å². The maximum absolute atomic E-state index is 11.5. The molecule has 3 amide bonds. The number of rotatable bonds is 4. The zero-order valence-corrected chi connectivity index (χ0v) is 10.5. The molecule has 0 spiro atoms. The van der Waals surface area contributed by atoms with Crippen LogP contribution in [0.15, 0.2) is 18.2 Å². The summed E-state index contributed by atoms with van der Waals surface area (Å²) in [7, 11) is 0. The third-order valence-electron chi connectivity index (χ3n) is 1.98. The summed E-state index contributed by atoms with van der Waals surface area (Å²) in [6, 6.07) is 2.17. The lowest BCUT2D eigenvalue weighted by atomic mass is 10.2. The number of urea groups is 1. The van der Waals surface area contributed by atoms with E-state index >= 15 is 0 Å². The number of primary amides is 1. The van der Waals surface area contributed by atoms with Crippen molar-refractivity contribution in [2.75, 3.05) is 6.61 Å². The highest BCUT2D eigenvalue weighted by Gasteiger charge is 2.18. The zero-order chi connectivity index (χ0) is 15.3. The first-order valence-corrected chi connectivity index (χ1v) is 5.39. The number of carbonyl (C=O) groups is 3. The summed E-state index contributed by atoms with van der Waals surface area (Å²) in [5.41, 5.74) is 4.05. The van der Waals surface area contributed by atoms with Gasteiger partial charge in [-0.1, -0.05) is 11.6 Å². The van der Waals surface area contributed by atoms with Crippen molar-refractivity contribution < 1.29 is 24.0 Å². The van der Waals surface area contributed by atoms with Gasteiger partial charge < -0.3 is 10.5 Å². The largest absolute Gasteiger partial charge is 0.452 e. The van der Waals surface area contributed by atoms with E-state index in [1.54, 1.807) is 5.32 Å². The molecule has 10 heteroatoms. The molecule has 0 aromatic heterocycles. The summed E-state index contributed by atoms with van der Waals surface area (Å²) in [4.78, 5) is 42.8. The van der Waals surface area contributed by atoms with E-state index < -0.39 is 35.1 Å². The molecule has 0 aliphatic heterocycles. The van der Waals surface area contributed by atoms with Crippen LogP contribution in [0.3, 0.4) is 0 Å². The molecule has 0 bridgehead atoms. The van der Waals surface area contributed by atoms with E-state index in [-0.39, 0.29) is 10.6 Å². The molecule has 0 saturated heterocycles. The number of nitrogens with zero attached hydrogens (tertiary/aromatic N) is 1. The molecule has 1 aromatic carbocycles. The van der Waals surface area contributed by atoms with Crippen molar-refractivity contribution in [1.29, 1.82) is 0 Å². The van der Waals surface area contributed by atoms with Crippen LogP contribution in [0, 0.1) is 10.1 Å². The molecule has 1 aromatic rings. The number of nitrogens with two attached hydrogens (primary N) is 1. The highest BCUT2D eigenvalue weighted by molar-refractivity contribution is 6.32. The summed E-state index contributed by atoms with van der Waals surface area (Å²) in [5, 5.41) is 12.2. The Hall–Kier alpha value is -2.68. The Morgan fingerprint density at radius 1 is 1.40 bits per heavy atom. The smallest absolute Gasteiger partial charge is 0.338 e. The van der Waals surface area contributed by atoms with E-state index in [1.807, 2.05) is 0 Å². The average molecular weight is 302 g/mol. The first-order valence-electron chi connectivity index (χ1n) is 5.01. The molecule has 0 aliphatic carbocycles. The first-order chi connectivity index (χ1) is 9.31. The molecule has 0 heterocycles. The minimum Gasteiger partial charge on any atom is -0.452 e. The molecular formula is C10H8ClN3O6. The Balaban J connectivity index is 2.73. The van der Waals surface area contributed by atoms with Crippen molar-refractivity contribution in [2.24, 2.45) is 5.73 Å². The number of benzene rings is 1. The van der Waals surface area contributed by atoms with Gasteiger partial charge in [-0.2, -0.15) is 0 Å². The Labute approximate surface area is 116 Å². The van der Waals surface area contributed by atoms with Crippen LogP contribution < -0.4 is 11.1 Å². The van der Waals surface area contributed by atoms with Gasteiger partial charge in [-0.25, -0.2) is 9.59 Å². The van der Waals surface area contributed by atoms with Crippen LogP contribution in [0.5, 0.6) is 0 Å². The van der Waals surface area contributed by atoms with Gasteiger partial charge in [0.2, 0.25) is 0 Å². The van der Waals surface area contributed by atoms with Crippen molar-refractivity contribution in [3.63, 3.8) is 0 Å². The number of amides is 3. The number of nitro groups is 1. The van der Waals surface area contributed by atoms with Gasteiger partial charge in [-0.05, 0) is 12.1 Å². The lowest BCUT2D eigenvalue weighted by Gasteiger charge is -2.04. The Morgan fingerprint density at radius 2 is 2.05 bits per heavy atom. The van der Waals surface area contributed by atoms with Gasteiger partial charge >= 0.3 is 12.0 Å². The quantitative estimate of drug-likeness (QED) is 0.473. The summed E-state index contributed by atoms with van der Waals surface area (Å²) in [6.07, 6.45) is 0. The monoisotopic (exact) mass is 301 g/mol. The van der Waals surface area contributed by atoms with E-state index in [0.717, 1.165) is 12.1 Å². The van der Waals surface area contributed by atoms with Crippen molar-refractivity contribution in [1.82, 2.24) is 5.32 Å². The van der Waals surface area contributed by atoms with Crippen LogP contribution in [-0.2, 0) is 9.53 Å². The van der Waals surface area contributed by atoms with Crippen molar-refractivity contribution in [3.8, 4) is 0 Å². The van der Waals surface area contributed by atoms with Crippen LogP contribution in [0.25, 0.3) is 0 Å². The number of halogens is 1. The van der Waals surface area contributed by atoms with Gasteiger partial charge in [0.05, 0.1) is 10.5 Å². The standard InChI is InChI=1S/C10H8ClN3O6/c11-6-2-1-5(3-7(6)14(18)19)9(16)20-4-8(15)13-10(12)17/h1-3H,4H2,(H3,12,13,15,17). The fraction of sp³-hybridized carbons (Fsp3) is 0.100. The third kappa shape index (κ3) is 4.21. The number of nitrogens with one attached hydrogen (secondary N) is 1. The van der Waals surface area contributed by atoms with Crippen LogP contribution in [0.2, 0.25) is 5.02 Å². The lowest BCUT2D eigenvalue weighted by molar-refractivity contribution is -0.384. The number of esters is 1. The topological polar surface area (TPSA) is 142 Å². The molecule has 0 fully saturated rings. The minimum absolute atomic E-state index is 0.141. The minimum atomic E-state index is -1.09. The number of hydrogen-bond donors (Lipinski definition) is 2. The van der Waals surface area contributed by atoms with Crippen LogP contribution in [-0.4, -0.2) is 29.4 Å². The molecule has 0 saturated carbocycles. The van der Waals surface area contributed by atoms with E-state index in [9.17, 15) is 24.5 Å². The van der Waals surface area contributed by atoms with Gasteiger partial charge in [0.15, 0.2) is 6.61 Å². The van der Waals surface area contributed by atoms with Gasteiger partial charge in [0.1, 0.15) is 5.02 Å². The summed E-state index contributed by atoms with van der Waals surface area (Å²) >= 11 is 5.57. The van der Waals surface area contributed by atoms with Crippen LogP contribution in [0.1, 0.15) is 10.4 Å².